The molecule has 192 valence electrons. The first-order valence-corrected chi connectivity index (χ1v) is 11.7. The molecule has 0 saturated heterocycles. The molecule has 0 aromatic carbocycles. The Balaban J connectivity index is 2.56. The van der Waals surface area contributed by atoms with Crippen LogP contribution in [0.15, 0.2) is 71.3 Å². The molecule has 3 fully saturated rings. The summed E-state index contributed by atoms with van der Waals surface area (Å²) in [5.74, 6) is -8.63. The molecule has 4 N–H and O–H groups in total. The molecule has 36 heavy (non-hydrogen) atoms. The molecule has 0 aromatic heterocycles. The summed E-state index contributed by atoms with van der Waals surface area (Å²) in [6, 6.07) is 0. The number of fused-ring (bicyclic) bond motifs is 2. The first-order valence-electron chi connectivity index (χ1n) is 11.7. The fourth-order valence-corrected chi connectivity index (χ4v) is 6.42. The Morgan fingerprint density at radius 1 is 0.861 bits per heavy atom. The Bertz CT molecular complexity index is 1240. The molecule has 8 nitrogen and oxygen atoms in total. The van der Waals surface area contributed by atoms with Gasteiger partial charge in [0.1, 0.15) is 33.6 Å². The minimum absolute atomic E-state index is 0.360. The van der Waals surface area contributed by atoms with Crippen LogP contribution in [0.2, 0.25) is 0 Å². The van der Waals surface area contributed by atoms with Crippen molar-refractivity contribution in [3.63, 3.8) is 0 Å². The van der Waals surface area contributed by atoms with E-state index in [1.807, 2.05) is 0 Å². The van der Waals surface area contributed by atoms with Crippen molar-refractivity contribution in [3.05, 3.63) is 71.3 Å². The second-order valence-corrected chi connectivity index (χ2v) is 10.1. The quantitative estimate of drug-likeness (QED) is 0.196. The number of carbonyl (C=O) groups is 4. The molecule has 4 aliphatic rings. The highest BCUT2D eigenvalue weighted by atomic mass is 16.3. The van der Waals surface area contributed by atoms with E-state index in [4.69, 9.17) is 0 Å². The molecule has 3 saturated carbocycles. The molecular formula is C28H32O8. The van der Waals surface area contributed by atoms with Crippen LogP contribution in [-0.2, 0) is 19.2 Å². The van der Waals surface area contributed by atoms with E-state index >= 15 is 0 Å². The molecule has 0 heterocycles. The van der Waals surface area contributed by atoms with Gasteiger partial charge >= 0.3 is 0 Å². The lowest BCUT2D eigenvalue weighted by molar-refractivity contribution is -0.222. The molecule has 3 unspecified atom stereocenters. The van der Waals surface area contributed by atoms with Crippen LogP contribution in [0.1, 0.15) is 41.5 Å². The van der Waals surface area contributed by atoms with Gasteiger partial charge in [-0.1, -0.05) is 36.5 Å². The molecule has 8 heteroatoms. The van der Waals surface area contributed by atoms with Crippen molar-refractivity contribution < 1.29 is 39.6 Å². The average molecular weight is 497 g/mol. The highest BCUT2D eigenvalue weighted by molar-refractivity contribution is 6.33. The van der Waals surface area contributed by atoms with Gasteiger partial charge in [0.05, 0.1) is 0 Å². The summed E-state index contributed by atoms with van der Waals surface area (Å²) in [7, 11) is 0. The maximum atomic E-state index is 14.0. The van der Waals surface area contributed by atoms with Crippen LogP contribution in [0.25, 0.3) is 0 Å². The van der Waals surface area contributed by atoms with Crippen molar-refractivity contribution in [1.82, 2.24) is 0 Å². The zero-order valence-corrected chi connectivity index (χ0v) is 21.2. The molecular weight excluding hydrogens is 464 g/mol. The van der Waals surface area contributed by atoms with Gasteiger partial charge in [-0.05, 0) is 53.7 Å². The molecule has 0 aromatic rings. The number of allylic oxidation sites excluding steroid dienone is 9. The van der Waals surface area contributed by atoms with Crippen molar-refractivity contribution >= 4 is 23.1 Å². The lowest BCUT2D eigenvalue weighted by Gasteiger charge is -2.66. The Hall–Kier alpha value is -3.36. The minimum Gasteiger partial charge on any atom is -0.509 e. The number of carbonyl (C=O) groups excluding carboxylic acids is 4. The smallest absolute Gasteiger partial charge is 0.179 e. The predicted molar refractivity (Wildman–Crippen MR) is 132 cm³/mol. The monoisotopic (exact) mass is 496 g/mol. The van der Waals surface area contributed by atoms with Crippen molar-refractivity contribution in [3.8, 4) is 0 Å². The molecule has 0 amide bonds. The summed E-state index contributed by atoms with van der Waals surface area (Å²) < 4.78 is 0. The Morgan fingerprint density at radius 3 is 1.92 bits per heavy atom. The van der Waals surface area contributed by atoms with E-state index in [-0.39, 0.29) is 5.57 Å². The topological polar surface area (TPSA) is 149 Å². The predicted octanol–water partition coefficient (Wildman–Crippen LogP) is 2.94. The molecule has 0 spiro atoms. The summed E-state index contributed by atoms with van der Waals surface area (Å²) in [5, 5.41) is 44.9. The first-order chi connectivity index (χ1) is 16.6. The highest BCUT2D eigenvalue weighted by Crippen LogP contribution is 2.70. The summed E-state index contributed by atoms with van der Waals surface area (Å²) in [6.45, 7) is 8.03. The highest BCUT2D eigenvalue weighted by Gasteiger charge is 2.85. The Kier molecular flexibility index (Phi) is 6.53. The van der Waals surface area contributed by atoms with E-state index in [2.05, 4.69) is 0 Å². The normalized spacial score (nSPS) is 40.4. The lowest BCUT2D eigenvalue weighted by Crippen LogP contribution is -2.82. The van der Waals surface area contributed by atoms with E-state index < -0.39 is 74.1 Å². The number of rotatable bonds is 5. The molecule has 0 radical (unpaired) electrons. The van der Waals surface area contributed by atoms with Gasteiger partial charge in [0.25, 0.3) is 0 Å². The lowest BCUT2D eigenvalue weighted by atomic mass is 9.32. The van der Waals surface area contributed by atoms with Crippen LogP contribution in [0.3, 0.4) is 0 Å². The number of Topliss-reactive ketones (excluding diaryl/α,β-unsaturated/α-hetero) is 3. The number of hydrogen-bond donors (Lipinski definition) is 4. The van der Waals surface area contributed by atoms with Crippen molar-refractivity contribution in [2.75, 3.05) is 0 Å². The third-order valence-electron chi connectivity index (χ3n) is 8.03. The van der Waals surface area contributed by atoms with E-state index in [0.717, 1.165) is 19.9 Å². The van der Waals surface area contributed by atoms with E-state index in [1.165, 1.54) is 38.2 Å². The van der Waals surface area contributed by atoms with Gasteiger partial charge in [-0.2, -0.15) is 0 Å². The van der Waals surface area contributed by atoms with Gasteiger partial charge in [0.2, 0.25) is 0 Å². The van der Waals surface area contributed by atoms with E-state index in [0.29, 0.717) is 0 Å². The van der Waals surface area contributed by atoms with Gasteiger partial charge in [-0.3, -0.25) is 19.2 Å². The van der Waals surface area contributed by atoms with Gasteiger partial charge in [-0.15, -0.1) is 0 Å². The number of aliphatic hydroxyl groups is 4. The van der Waals surface area contributed by atoms with Gasteiger partial charge in [0, 0.05) is 23.0 Å². The number of hydrogen-bond acceptors (Lipinski definition) is 8. The van der Waals surface area contributed by atoms with Gasteiger partial charge in [0.15, 0.2) is 23.1 Å². The summed E-state index contributed by atoms with van der Waals surface area (Å²) in [4.78, 5) is 55.7. The van der Waals surface area contributed by atoms with Crippen molar-refractivity contribution in [2.45, 2.75) is 52.7 Å². The van der Waals surface area contributed by atoms with Crippen LogP contribution in [-0.4, -0.2) is 54.8 Å². The largest absolute Gasteiger partial charge is 0.509 e. The fourth-order valence-electron chi connectivity index (χ4n) is 6.42. The molecule has 4 aliphatic carbocycles. The molecule has 4 rings (SSSR count). The summed E-state index contributed by atoms with van der Waals surface area (Å²) >= 11 is 0. The van der Waals surface area contributed by atoms with Crippen LogP contribution in [0, 0.1) is 22.7 Å². The minimum atomic E-state index is -2.49. The van der Waals surface area contributed by atoms with Crippen LogP contribution < -0.4 is 0 Å². The maximum Gasteiger partial charge on any atom is 0.179 e. The SMILES string of the molecule is C/C=C/C=C/C(=O)C12C(=O)C(C)=C(O)[C@@](C)(O)C1C1C(=C(O)/C=C/C=C/C)C(=O)[C@]2(C)C(=O)[C@@]1(C)O. The second-order valence-electron chi connectivity index (χ2n) is 10.1. The first kappa shape index (κ1) is 27.2. The number of ketones is 4. The Labute approximate surface area is 209 Å². The average Bonchev–Trinajstić information content (AvgIpc) is 2.81. The summed E-state index contributed by atoms with van der Waals surface area (Å²) in [6.07, 6.45) is 11.4. The molecule has 0 aliphatic heterocycles. The van der Waals surface area contributed by atoms with Gasteiger partial charge in [-0.25, -0.2) is 0 Å². The standard InChI is InChI=1S/C28H32O8/c1-7-9-11-13-16(29)18-19-20-27(6,36)21(31)15(3)22(32)28(20,17(30)14-12-10-8-2)25(4,23(18)33)24(34)26(19,5)35/h7-14,19-20,29,31,35-36H,1-6H3/b9-7+,10-8+,13-11+,14-12+,18-16?/t19?,20?,25-,26+,27+,28?/m1/s1. The second kappa shape index (κ2) is 8.64. The van der Waals surface area contributed by atoms with Crippen LogP contribution >= 0.6 is 0 Å². The third kappa shape index (κ3) is 3.07. The van der Waals surface area contributed by atoms with Crippen LogP contribution in [0.5, 0.6) is 0 Å². The molecule has 2 bridgehead atoms. The molecule has 6 atom stereocenters. The van der Waals surface area contributed by atoms with Gasteiger partial charge < -0.3 is 20.4 Å². The van der Waals surface area contributed by atoms with Crippen LogP contribution in [0.4, 0.5) is 0 Å². The fraction of sp³-hybridized carbons (Fsp3) is 0.429. The van der Waals surface area contributed by atoms with E-state index in [1.54, 1.807) is 32.1 Å². The third-order valence-corrected chi connectivity index (χ3v) is 8.03. The van der Waals surface area contributed by atoms with E-state index in [9.17, 15) is 39.6 Å². The van der Waals surface area contributed by atoms with Crippen molar-refractivity contribution in [1.29, 1.82) is 0 Å². The zero-order chi connectivity index (χ0) is 27.4. The zero-order valence-electron chi connectivity index (χ0n) is 21.2. The Morgan fingerprint density at radius 2 is 1.39 bits per heavy atom. The van der Waals surface area contributed by atoms with Crippen molar-refractivity contribution in [2.24, 2.45) is 22.7 Å². The summed E-state index contributed by atoms with van der Waals surface area (Å²) in [5.41, 5.74) is -10.4. The number of aliphatic hydroxyl groups excluding tert-OH is 2. The maximum absolute atomic E-state index is 14.0.